The number of imidazole rings is 1. The number of fused-ring (bicyclic) bond motifs is 2. The van der Waals surface area contributed by atoms with Crippen molar-refractivity contribution < 1.29 is 19.0 Å². The fourth-order valence-electron chi connectivity index (χ4n) is 5.75. The van der Waals surface area contributed by atoms with Crippen LogP contribution in [0.2, 0.25) is 0 Å². The lowest BCUT2D eigenvalue weighted by Crippen LogP contribution is -2.38. The molecule has 2 aliphatic heterocycles. The van der Waals surface area contributed by atoms with Crippen molar-refractivity contribution >= 4 is 16.9 Å². The Labute approximate surface area is 211 Å². The van der Waals surface area contributed by atoms with E-state index in [1.54, 1.807) is 6.07 Å². The molecule has 0 spiro atoms. The lowest BCUT2D eigenvalue weighted by molar-refractivity contribution is 0.0342. The van der Waals surface area contributed by atoms with Crippen molar-refractivity contribution in [2.45, 2.75) is 44.2 Å². The van der Waals surface area contributed by atoms with Gasteiger partial charge in [0.2, 0.25) is 0 Å². The first-order valence-electron chi connectivity index (χ1n) is 13.1. The van der Waals surface area contributed by atoms with Crippen LogP contribution >= 0.6 is 0 Å². The van der Waals surface area contributed by atoms with Crippen molar-refractivity contribution in [3.63, 3.8) is 0 Å². The van der Waals surface area contributed by atoms with E-state index in [4.69, 9.17) is 19.2 Å². The monoisotopic (exact) mass is 490 g/mol. The molecule has 36 heavy (non-hydrogen) atoms. The topological polar surface area (TPSA) is 77.9 Å². The molecule has 3 aromatic rings. The molecule has 1 amide bonds. The number of amides is 1. The normalized spacial score (nSPS) is 22.5. The zero-order chi connectivity index (χ0) is 24.5. The highest BCUT2D eigenvalue weighted by Crippen LogP contribution is 2.35. The van der Waals surface area contributed by atoms with Crippen LogP contribution in [-0.2, 0) is 18.3 Å². The van der Waals surface area contributed by atoms with Gasteiger partial charge in [0, 0.05) is 44.2 Å². The van der Waals surface area contributed by atoms with E-state index in [9.17, 15) is 4.79 Å². The third kappa shape index (κ3) is 4.80. The molecule has 0 bridgehead atoms. The van der Waals surface area contributed by atoms with Gasteiger partial charge < -0.3 is 24.1 Å². The summed E-state index contributed by atoms with van der Waals surface area (Å²) in [5.74, 6) is 2.72. The number of nitrogens with zero attached hydrogens (tertiary/aromatic N) is 3. The van der Waals surface area contributed by atoms with Crippen molar-refractivity contribution in [3.8, 4) is 11.5 Å². The number of morpholine rings is 1. The maximum Gasteiger partial charge on any atom is 0.251 e. The third-order valence-electron chi connectivity index (χ3n) is 7.67. The predicted molar refractivity (Wildman–Crippen MR) is 137 cm³/mol. The minimum absolute atomic E-state index is 0.0598. The summed E-state index contributed by atoms with van der Waals surface area (Å²) in [6, 6.07) is 12.2. The van der Waals surface area contributed by atoms with Gasteiger partial charge in [0.25, 0.3) is 5.91 Å². The molecule has 8 nitrogen and oxygen atoms in total. The largest absolute Gasteiger partial charge is 0.486 e. The van der Waals surface area contributed by atoms with E-state index in [2.05, 4.69) is 40.0 Å². The zero-order valence-corrected chi connectivity index (χ0v) is 20.9. The van der Waals surface area contributed by atoms with Crippen LogP contribution in [0.4, 0.5) is 0 Å². The summed E-state index contributed by atoms with van der Waals surface area (Å²) < 4.78 is 18.9. The van der Waals surface area contributed by atoms with Crippen LogP contribution in [0.15, 0.2) is 36.4 Å². The Balaban J connectivity index is 1.14. The standard InChI is InChI=1S/C28H34N4O4/c1-31-24-7-5-19(18-32-9-11-34-12-10-32)15-23(24)30-27(31)20-3-2-4-22(16-20)29-28(33)21-6-8-25-26(17-21)36-14-13-35-25/h5-8,15,17,20,22H,2-4,9-14,16,18H2,1H3,(H,29,33). The molecule has 2 atom stereocenters. The molecule has 3 aliphatic rings. The Hall–Kier alpha value is -3.10. The first-order chi connectivity index (χ1) is 17.6. The molecular formula is C28H34N4O4. The maximum atomic E-state index is 13.0. The average Bonchev–Trinajstić information content (AvgIpc) is 3.24. The SMILES string of the molecule is Cn1c(C2CCCC(NC(=O)c3ccc4c(c3)OCCO4)C2)nc2cc(CN3CCOCC3)ccc21. The maximum absolute atomic E-state index is 13.0. The smallest absolute Gasteiger partial charge is 0.251 e. The number of rotatable bonds is 5. The first kappa shape index (κ1) is 23.3. The summed E-state index contributed by atoms with van der Waals surface area (Å²) in [6.07, 6.45) is 4.05. The Morgan fingerprint density at radius 1 is 1.03 bits per heavy atom. The van der Waals surface area contributed by atoms with Crippen molar-refractivity contribution in [1.29, 1.82) is 0 Å². The number of aromatic nitrogens is 2. The summed E-state index contributed by atoms with van der Waals surface area (Å²) in [6.45, 7) is 5.56. The van der Waals surface area contributed by atoms with Gasteiger partial charge in [0.15, 0.2) is 11.5 Å². The van der Waals surface area contributed by atoms with E-state index in [1.807, 2.05) is 12.1 Å². The van der Waals surface area contributed by atoms with Gasteiger partial charge in [-0.3, -0.25) is 9.69 Å². The van der Waals surface area contributed by atoms with E-state index in [0.717, 1.165) is 75.4 Å². The minimum atomic E-state index is -0.0598. The molecule has 1 N–H and O–H groups in total. The molecule has 0 radical (unpaired) electrons. The molecule has 2 unspecified atom stereocenters. The van der Waals surface area contributed by atoms with Gasteiger partial charge in [-0.2, -0.15) is 0 Å². The van der Waals surface area contributed by atoms with Crippen LogP contribution in [0.25, 0.3) is 11.0 Å². The number of hydrogen-bond donors (Lipinski definition) is 1. The Bertz CT molecular complexity index is 1250. The second-order valence-electron chi connectivity index (χ2n) is 10.1. The Kier molecular flexibility index (Phi) is 6.54. The van der Waals surface area contributed by atoms with Crippen LogP contribution in [-0.4, -0.2) is 65.9 Å². The number of carbonyl (C=O) groups is 1. The molecule has 2 fully saturated rings. The second kappa shape index (κ2) is 10.1. The van der Waals surface area contributed by atoms with Crippen LogP contribution in [0.3, 0.4) is 0 Å². The van der Waals surface area contributed by atoms with Crippen molar-refractivity contribution in [2.75, 3.05) is 39.5 Å². The van der Waals surface area contributed by atoms with Crippen molar-refractivity contribution in [3.05, 3.63) is 53.3 Å². The number of benzene rings is 2. The minimum Gasteiger partial charge on any atom is -0.486 e. The van der Waals surface area contributed by atoms with Gasteiger partial charge in [0.05, 0.1) is 24.2 Å². The number of ether oxygens (including phenoxy) is 3. The molecule has 190 valence electrons. The molecule has 1 saturated carbocycles. The summed E-state index contributed by atoms with van der Waals surface area (Å²) in [7, 11) is 2.11. The van der Waals surface area contributed by atoms with Gasteiger partial charge in [0.1, 0.15) is 19.0 Å². The summed E-state index contributed by atoms with van der Waals surface area (Å²) >= 11 is 0. The molecule has 1 aromatic heterocycles. The van der Waals surface area contributed by atoms with E-state index >= 15 is 0 Å². The van der Waals surface area contributed by atoms with Gasteiger partial charge in [-0.1, -0.05) is 12.5 Å². The molecule has 8 heteroatoms. The van der Waals surface area contributed by atoms with E-state index in [-0.39, 0.29) is 11.9 Å². The van der Waals surface area contributed by atoms with Crippen molar-refractivity contribution in [2.24, 2.45) is 7.05 Å². The molecule has 1 aliphatic carbocycles. The zero-order valence-electron chi connectivity index (χ0n) is 20.9. The highest BCUT2D eigenvalue weighted by atomic mass is 16.6. The number of nitrogens with one attached hydrogen (secondary N) is 1. The van der Waals surface area contributed by atoms with E-state index in [1.165, 1.54) is 5.56 Å². The number of carbonyl (C=O) groups excluding carboxylic acids is 1. The van der Waals surface area contributed by atoms with Crippen LogP contribution in [0.5, 0.6) is 11.5 Å². The molecule has 1 saturated heterocycles. The third-order valence-corrected chi connectivity index (χ3v) is 7.67. The average molecular weight is 491 g/mol. The Morgan fingerprint density at radius 3 is 2.72 bits per heavy atom. The molecule has 6 rings (SSSR count). The molecular weight excluding hydrogens is 456 g/mol. The van der Waals surface area contributed by atoms with Crippen molar-refractivity contribution in [1.82, 2.24) is 19.8 Å². The second-order valence-corrected chi connectivity index (χ2v) is 10.1. The van der Waals surface area contributed by atoms with Gasteiger partial charge >= 0.3 is 0 Å². The lowest BCUT2D eigenvalue weighted by atomic mass is 9.85. The predicted octanol–water partition coefficient (Wildman–Crippen LogP) is 3.63. The molecule has 3 heterocycles. The fourth-order valence-corrected chi connectivity index (χ4v) is 5.75. The summed E-state index contributed by atoms with van der Waals surface area (Å²) in [5, 5.41) is 3.26. The summed E-state index contributed by atoms with van der Waals surface area (Å²) in [5.41, 5.74) is 4.12. The van der Waals surface area contributed by atoms with Crippen LogP contribution in [0, 0.1) is 0 Å². The van der Waals surface area contributed by atoms with Crippen LogP contribution < -0.4 is 14.8 Å². The molecule has 2 aromatic carbocycles. The van der Waals surface area contributed by atoms with E-state index < -0.39 is 0 Å². The van der Waals surface area contributed by atoms with Gasteiger partial charge in [-0.05, 0) is 55.2 Å². The fraction of sp³-hybridized carbons (Fsp3) is 0.500. The highest BCUT2D eigenvalue weighted by Gasteiger charge is 2.28. The Morgan fingerprint density at radius 2 is 1.86 bits per heavy atom. The number of hydrogen-bond acceptors (Lipinski definition) is 6. The van der Waals surface area contributed by atoms with E-state index in [0.29, 0.717) is 36.2 Å². The first-order valence-corrected chi connectivity index (χ1v) is 13.1. The highest BCUT2D eigenvalue weighted by molar-refractivity contribution is 5.95. The van der Waals surface area contributed by atoms with Gasteiger partial charge in [-0.15, -0.1) is 0 Å². The summed E-state index contributed by atoms with van der Waals surface area (Å²) in [4.78, 5) is 20.5. The quantitative estimate of drug-likeness (QED) is 0.589. The van der Waals surface area contributed by atoms with Gasteiger partial charge in [-0.25, -0.2) is 4.98 Å². The van der Waals surface area contributed by atoms with Crippen LogP contribution in [0.1, 0.15) is 53.3 Å². The number of aryl methyl sites for hydroxylation is 1. The lowest BCUT2D eigenvalue weighted by Gasteiger charge is -2.29.